The maximum absolute atomic E-state index is 13.9. The highest BCUT2D eigenvalue weighted by atomic mass is 32.2. The molecule has 1 saturated heterocycles. The Morgan fingerprint density at radius 1 is 0.951 bits per heavy atom. The highest BCUT2D eigenvalue weighted by Gasteiger charge is 2.43. The zero-order valence-electron chi connectivity index (χ0n) is 23.0. The molecule has 0 bridgehead atoms. The molecule has 0 saturated carbocycles. The summed E-state index contributed by atoms with van der Waals surface area (Å²) < 4.78 is 97.1. The van der Waals surface area contributed by atoms with E-state index in [2.05, 4.69) is 10.1 Å². The molecule has 0 spiro atoms. The molecule has 1 heterocycles. The van der Waals surface area contributed by atoms with Gasteiger partial charge in [0.25, 0.3) is 5.92 Å². The van der Waals surface area contributed by atoms with Crippen LogP contribution >= 0.6 is 0 Å². The van der Waals surface area contributed by atoms with Crippen LogP contribution in [0.4, 0.5) is 22.0 Å². The molecule has 2 aromatic carbocycles. The molecular weight excluding hydrogens is 573 g/mol. The van der Waals surface area contributed by atoms with E-state index in [1.54, 1.807) is 20.8 Å². The first kappa shape index (κ1) is 32.3. The number of hydrogen-bond acceptors (Lipinski definition) is 5. The van der Waals surface area contributed by atoms with Crippen LogP contribution < -0.4 is 10.1 Å². The number of halogens is 5. The minimum atomic E-state index is -4.96. The van der Waals surface area contributed by atoms with Gasteiger partial charge >= 0.3 is 6.36 Å². The van der Waals surface area contributed by atoms with Gasteiger partial charge in [0.2, 0.25) is 21.8 Å². The van der Waals surface area contributed by atoms with Crippen LogP contribution in [0.15, 0.2) is 53.4 Å². The van der Waals surface area contributed by atoms with E-state index in [9.17, 15) is 40.0 Å². The number of benzene rings is 2. The van der Waals surface area contributed by atoms with Gasteiger partial charge in [0.15, 0.2) is 0 Å². The van der Waals surface area contributed by atoms with Crippen LogP contribution in [0.5, 0.6) is 5.75 Å². The second-order valence-corrected chi connectivity index (χ2v) is 12.5. The largest absolute Gasteiger partial charge is 0.573 e. The highest BCUT2D eigenvalue weighted by molar-refractivity contribution is 7.89. The predicted molar refractivity (Wildman–Crippen MR) is 139 cm³/mol. The summed E-state index contributed by atoms with van der Waals surface area (Å²) in [5.74, 6) is -4.65. The number of carbonyl (C=O) groups is 2. The monoisotopic (exact) mass is 605 g/mol. The maximum Gasteiger partial charge on any atom is 0.573 e. The average Bonchev–Trinajstić information content (AvgIpc) is 2.90. The SMILES string of the molecule is CCC(F)(F)c1ccc(CNC(=O)[C@H]2CN(C(=O)C(C)(C)C)CCN2S(=O)(=O)c2ccc(OC(F)(F)F)cc2)cc1. The van der Waals surface area contributed by atoms with Crippen molar-refractivity contribution in [1.29, 1.82) is 0 Å². The Morgan fingerprint density at radius 3 is 2.05 bits per heavy atom. The van der Waals surface area contributed by atoms with E-state index in [1.807, 2.05) is 0 Å². The third kappa shape index (κ3) is 7.94. The van der Waals surface area contributed by atoms with Gasteiger partial charge in [-0.05, 0) is 29.8 Å². The molecule has 3 rings (SSSR count). The molecule has 0 aliphatic carbocycles. The lowest BCUT2D eigenvalue weighted by atomic mass is 9.94. The van der Waals surface area contributed by atoms with Crippen LogP contribution in [0.25, 0.3) is 0 Å². The van der Waals surface area contributed by atoms with Crippen LogP contribution in [-0.4, -0.2) is 61.5 Å². The lowest BCUT2D eigenvalue weighted by molar-refractivity contribution is -0.274. The first-order chi connectivity index (χ1) is 18.8. The molecule has 1 atom stereocenters. The summed E-state index contributed by atoms with van der Waals surface area (Å²) in [7, 11) is -4.39. The van der Waals surface area contributed by atoms with Gasteiger partial charge in [0.1, 0.15) is 11.8 Å². The Kier molecular flexibility index (Phi) is 9.38. The first-order valence-corrected chi connectivity index (χ1v) is 14.2. The van der Waals surface area contributed by atoms with Gasteiger partial charge in [-0.15, -0.1) is 13.2 Å². The van der Waals surface area contributed by atoms with Crippen LogP contribution in [0, 0.1) is 5.41 Å². The zero-order chi connectivity index (χ0) is 30.8. The Balaban J connectivity index is 1.85. The fraction of sp³-hybridized carbons (Fsp3) is 0.481. The fourth-order valence-electron chi connectivity index (χ4n) is 4.25. The van der Waals surface area contributed by atoms with Gasteiger partial charge in [0.05, 0.1) is 4.90 Å². The molecule has 0 aromatic heterocycles. The number of alkyl halides is 5. The number of hydrogen-bond donors (Lipinski definition) is 1. The summed E-state index contributed by atoms with van der Waals surface area (Å²) in [5.41, 5.74) is -0.497. The molecular formula is C27H32F5N3O5S. The molecule has 41 heavy (non-hydrogen) atoms. The summed E-state index contributed by atoms with van der Waals surface area (Å²) >= 11 is 0. The second kappa shape index (κ2) is 11.9. The van der Waals surface area contributed by atoms with Gasteiger partial charge in [-0.25, -0.2) is 17.2 Å². The third-order valence-electron chi connectivity index (χ3n) is 6.51. The minimum Gasteiger partial charge on any atom is -0.406 e. The van der Waals surface area contributed by atoms with Crippen molar-refractivity contribution >= 4 is 21.8 Å². The summed E-state index contributed by atoms with van der Waals surface area (Å²) in [6, 6.07) is 7.55. The number of nitrogens with zero attached hydrogens (tertiary/aromatic N) is 2. The van der Waals surface area contributed by atoms with E-state index in [0.29, 0.717) is 5.56 Å². The number of piperazine rings is 1. The molecule has 1 aliphatic rings. The van der Waals surface area contributed by atoms with E-state index in [0.717, 1.165) is 28.6 Å². The second-order valence-electron chi connectivity index (χ2n) is 10.6. The lowest BCUT2D eigenvalue weighted by Gasteiger charge is -2.41. The summed E-state index contributed by atoms with van der Waals surface area (Å²) in [6.07, 6.45) is -5.34. The quantitative estimate of drug-likeness (QED) is 0.442. The standard InChI is InChI=1S/C27H32F5N3O5S/c1-5-26(28,29)19-8-6-18(7-9-19)16-33-23(36)22-17-34(24(37)25(2,3)4)14-15-35(22)41(38,39)21-12-10-20(11-13-21)40-27(30,31)32/h6-13,22H,5,14-17H2,1-4H3,(H,33,36)/t22-/m1/s1. The number of sulfonamides is 1. The van der Waals surface area contributed by atoms with Crippen LogP contribution in [0.1, 0.15) is 45.2 Å². The number of rotatable bonds is 8. The van der Waals surface area contributed by atoms with Gasteiger partial charge in [0, 0.05) is 43.6 Å². The van der Waals surface area contributed by atoms with Crippen molar-refractivity contribution in [2.75, 3.05) is 19.6 Å². The van der Waals surface area contributed by atoms with Crippen molar-refractivity contribution in [3.05, 3.63) is 59.7 Å². The van der Waals surface area contributed by atoms with Crippen molar-refractivity contribution in [3.63, 3.8) is 0 Å². The molecule has 2 amide bonds. The third-order valence-corrected chi connectivity index (χ3v) is 8.44. The maximum atomic E-state index is 13.9. The number of amides is 2. The van der Waals surface area contributed by atoms with Crippen molar-refractivity contribution in [2.45, 2.75) is 63.9 Å². The Morgan fingerprint density at radius 2 is 1.54 bits per heavy atom. The summed E-state index contributed by atoms with van der Waals surface area (Å²) in [6.45, 7) is 5.79. The molecule has 1 fully saturated rings. The van der Waals surface area contributed by atoms with Gasteiger partial charge in [-0.1, -0.05) is 52.0 Å². The van der Waals surface area contributed by atoms with Crippen molar-refractivity contribution in [1.82, 2.24) is 14.5 Å². The van der Waals surface area contributed by atoms with Gasteiger partial charge in [-0.3, -0.25) is 9.59 Å². The van der Waals surface area contributed by atoms with E-state index in [-0.39, 0.29) is 49.0 Å². The lowest BCUT2D eigenvalue weighted by Crippen LogP contribution is -2.62. The van der Waals surface area contributed by atoms with Crippen molar-refractivity contribution in [3.8, 4) is 5.75 Å². The Hall–Kier alpha value is -3.26. The zero-order valence-corrected chi connectivity index (χ0v) is 23.8. The van der Waals surface area contributed by atoms with E-state index >= 15 is 0 Å². The fourth-order valence-corrected chi connectivity index (χ4v) is 5.82. The first-order valence-electron chi connectivity index (χ1n) is 12.8. The molecule has 1 N–H and O–H groups in total. The van der Waals surface area contributed by atoms with Gasteiger partial charge in [-0.2, -0.15) is 4.31 Å². The highest BCUT2D eigenvalue weighted by Crippen LogP contribution is 2.31. The smallest absolute Gasteiger partial charge is 0.406 e. The Bertz CT molecular complexity index is 1340. The predicted octanol–water partition coefficient (Wildman–Crippen LogP) is 4.65. The van der Waals surface area contributed by atoms with E-state index in [1.165, 1.54) is 36.1 Å². The molecule has 226 valence electrons. The molecule has 14 heteroatoms. The minimum absolute atomic E-state index is 0.0124. The van der Waals surface area contributed by atoms with Crippen LogP contribution in [-0.2, 0) is 32.1 Å². The van der Waals surface area contributed by atoms with E-state index in [4.69, 9.17) is 0 Å². The summed E-state index contributed by atoms with van der Waals surface area (Å²) in [4.78, 5) is 27.3. The van der Waals surface area contributed by atoms with Crippen molar-refractivity contribution < 1.29 is 44.7 Å². The summed E-state index contributed by atoms with van der Waals surface area (Å²) in [5, 5.41) is 2.61. The molecule has 1 aliphatic heterocycles. The van der Waals surface area contributed by atoms with Crippen LogP contribution in [0.2, 0.25) is 0 Å². The molecule has 0 radical (unpaired) electrons. The number of ether oxygens (including phenoxy) is 1. The van der Waals surface area contributed by atoms with E-state index < -0.39 is 45.4 Å². The van der Waals surface area contributed by atoms with Gasteiger partial charge < -0.3 is 15.0 Å². The topological polar surface area (TPSA) is 96.0 Å². The molecule has 8 nitrogen and oxygen atoms in total. The number of carbonyl (C=O) groups excluding carboxylic acids is 2. The normalized spacial score (nSPS) is 17.3. The van der Waals surface area contributed by atoms with Crippen LogP contribution in [0.3, 0.4) is 0 Å². The average molecular weight is 606 g/mol. The van der Waals surface area contributed by atoms with Crippen molar-refractivity contribution in [2.24, 2.45) is 5.41 Å². The molecule has 0 unspecified atom stereocenters. The Labute approximate surface area is 235 Å². The number of nitrogens with one attached hydrogen (secondary N) is 1. The molecule has 2 aromatic rings.